The van der Waals surface area contributed by atoms with Gasteiger partial charge in [0.15, 0.2) is 0 Å². The highest BCUT2D eigenvalue weighted by Crippen LogP contribution is 1.66. The first-order valence-corrected chi connectivity index (χ1v) is 4.11. The van der Waals surface area contributed by atoms with E-state index in [0.717, 1.165) is 26.2 Å². The number of aromatic nitrogens is 2. The molecule has 0 unspecified atom stereocenters. The Morgan fingerprint density at radius 2 is 1.33 bits per heavy atom. The van der Waals surface area contributed by atoms with E-state index in [0.29, 0.717) is 0 Å². The van der Waals surface area contributed by atoms with Crippen LogP contribution in [-0.2, 0) is 0 Å². The van der Waals surface area contributed by atoms with Crippen LogP contribution in [0.2, 0.25) is 0 Å². The van der Waals surface area contributed by atoms with Crippen molar-refractivity contribution >= 4 is 0 Å². The molecule has 0 aromatic carbocycles. The summed E-state index contributed by atoms with van der Waals surface area (Å²) in [5.41, 5.74) is 0. The van der Waals surface area contributed by atoms with Gasteiger partial charge in [0.1, 0.15) is 6.33 Å². The van der Waals surface area contributed by atoms with Crippen LogP contribution in [0.3, 0.4) is 0 Å². The van der Waals surface area contributed by atoms with Crippen molar-refractivity contribution in [2.24, 2.45) is 0 Å². The lowest BCUT2D eigenvalue weighted by molar-refractivity contribution is 0.534. The maximum atomic E-state index is 3.67. The molecule has 1 saturated heterocycles. The van der Waals surface area contributed by atoms with Crippen LogP contribution in [0, 0.1) is 0 Å². The van der Waals surface area contributed by atoms with Crippen LogP contribution in [0.1, 0.15) is 0 Å². The Kier molecular flexibility index (Phi) is 5.07. The molecule has 0 radical (unpaired) electrons. The molecule has 0 atom stereocenters. The Morgan fingerprint density at radius 1 is 0.833 bits per heavy atom. The molecular formula is C8H14N4. The van der Waals surface area contributed by atoms with Crippen molar-refractivity contribution in [1.29, 1.82) is 0 Å². The Balaban J connectivity index is 0.000000120. The highest BCUT2D eigenvalue weighted by atomic mass is 15.0. The van der Waals surface area contributed by atoms with E-state index in [9.17, 15) is 0 Å². The topological polar surface area (TPSA) is 49.8 Å². The van der Waals surface area contributed by atoms with E-state index in [1.54, 1.807) is 18.5 Å². The molecule has 1 aliphatic rings. The predicted octanol–water partition coefficient (Wildman–Crippen LogP) is -0.344. The molecule has 2 N–H and O–H groups in total. The normalized spacial score (nSPS) is 16.0. The van der Waals surface area contributed by atoms with Crippen LogP contribution in [0.25, 0.3) is 0 Å². The van der Waals surface area contributed by atoms with Crippen LogP contribution < -0.4 is 10.6 Å². The van der Waals surface area contributed by atoms with Crippen molar-refractivity contribution in [3.63, 3.8) is 0 Å². The number of nitrogens with one attached hydrogen (secondary N) is 2. The molecule has 1 aliphatic heterocycles. The summed E-state index contributed by atoms with van der Waals surface area (Å²) in [5, 5.41) is 6.44. The smallest absolute Gasteiger partial charge is 0.115 e. The van der Waals surface area contributed by atoms with Crippen molar-refractivity contribution in [3.8, 4) is 0 Å². The van der Waals surface area contributed by atoms with Gasteiger partial charge in [-0.3, -0.25) is 0 Å². The van der Waals surface area contributed by atoms with Crippen molar-refractivity contribution in [3.05, 3.63) is 24.8 Å². The summed E-state index contributed by atoms with van der Waals surface area (Å²) in [6.45, 7) is 4.56. The number of nitrogens with zero attached hydrogens (tertiary/aromatic N) is 2. The third-order valence-corrected chi connectivity index (χ3v) is 1.43. The lowest BCUT2D eigenvalue weighted by Crippen LogP contribution is -2.39. The average Bonchev–Trinajstić information content (AvgIpc) is 2.24. The molecule has 0 aliphatic carbocycles. The van der Waals surface area contributed by atoms with Gasteiger partial charge in [-0.15, -0.1) is 0 Å². The van der Waals surface area contributed by atoms with Crippen molar-refractivity contribution in [2.75, 3.05) is 26.2 Å². The van der Waals surface area contributed by atoms with Crippen molar-refractivity contribution in [1.82, 2.24) is 20.6 Å². The fraction of sp³-hybridized carbons (Fsp3) is 0.500. The minimum absolute atomic E-state index is 1.14. The van der Waals surface area contributed by atoms with Crippen molar-refractivity contribution < 1.29 is 0 Å². The molecule has 1 aromatic rings. The number of piperazine rings is 1. The summed E-state index contributed by atoms with van der Waals surface area (Å²) in [6.07, 6.45) is 4.88. The van der Waals surface area contributed by atoms with Crippen molar-refractivity contribution in [2.45, 2.75) is 0 Å². The van der Waals surface area contributed by atoms with Gasteiger partial charge in [0.2, 0.25) is 0 Å². The minimum atomic E-state index is 1.14. The Bertz CT molecular complexity index is 135. The summed E-state index contributed by atoms with van der Waals surface area (Å²) in [5.74, 6) is 0. The quantitative estimate of drug-likeness (QED) is 0.553. The molecule has 0 saturated carbocycles. The van der Waals surface area contributed by atoms with Crippen LogP contribution in [0.15, 0.2) is 24.8 Å². The fourth-order valence-electron chi connectivity index (χ4n) is 0.857. The zero-order chi connectivity index (χ0) is 8.49. The molecule has 66 valence electrons. The Morgan fingerprint density at radius 3 is 1.50 bits per heavy atom. The SMILES string of the molecule is C1CNCCN1.c1cncnc1. The minimum Gasteiger partial charge on any atom is -0.314 e. The van der Waals surface area contributed by atoms with Crippen LogP contribution >= 0.6 is 0 Å². The first kappa shape index (κ1) is 9.09. The van der Waals surface area contributed by atoms with E-state index in [-0.39, 0.29) is 0 Å². The van der Waals surface area contributed by atoms with E-state index in [1.165, 1.54) is 6.33 Å². The molecule has 2 rings (SSSR count). The van der Waals surface area contributed by atoms with Crippen LogP contribution in [0.4, 0.5) is 0 Å². The van der Waals surface area contributed by atoms with Crippen LogP contribution in [0.5, 0.6) is 0 Å². The fourth-order valence-corrected chi connectivity index (χ4v) is 0.857. The first-order chi connectivity index (χ1) is 6.00. The number of hydrogen-bond donors (Lipinski definition) is 2. The van der Waals surface area contributed by atoms with Crippen LogP contribution in [-0.4, -0.2) is 36.1 Å². The van der Waals surface area contributed by atoms with E-state index in [1.807, 2.05) is 0 Å². The molecule has 4 heteroatoms. The largest absolute Gasteiger partial charge is 0.314 e. The van der Waals surface area contributed by atoms with E-state index in [4.69, 9.17) is 0 Å². The molecule has 4 nitrogen and oxygen atoms in total. The zero-order valence-corrected chi connectivity index (χ0v) is 7.03. The van der Waals surface area contributed by atoms with Gasteiger partial charge in [0.05, 0.1) is 0 Å². The molecule has 1 fully saturated rings. The standard InChI is InChI=1S/C4H10N2.C4H4N2/c1-2-6-4-3-5-1;1-2-5-4-6-3-1/h5-6H,1-4H2;1-4H. The summed E-state index contributed by atoms with van der Waals surface area (Å²) < 4.78 is 0. The maximum absolute atomic E-state index is 3.67. The maximum Gasteiger partial charge on any atom is 0.115 e. The van der Waals surface area contributed by atoms with Gasteiger partial charge >= 0.3 is 0 Å². The molecule has 0 bridgehead atoms. The second kappa shape index (κ2) is 6.69. The monoisotopic (exact) mass is 166 g/mol. The molecule has 1 aromatic heterocycles. The van der Waals surface area contributed by atoms with E-state index < -0.39 is 0 Å². The molecule has 2 heterocycles. The Hall–Kier alpha value is -1.00. The highest BCUT2D eigenvalue weighted by molar-refractivity contribution is 4.74. The van der Waals surface area contributed by atoms with Gasteiger partial charge in [-0.1, -0.05) is 0 Å². The first-order valence-electron chi connectivity index (χ1n) is 4.11. The molecular weight excluding hydrogens is 152 g/mol. The van der Waals surface area contributed by atoms with Gasteiger partial charge in [0, 0.05) is 38.6 Å². The van der Waals surface area contributed by atoms with E-state index >= 15 is 0 Å². The van der Waals surface area contributed by atoms with Gasteiger partial charge in [-0.25, -0.2) is 9.97 Å². The van der Waals surface area contributed by atoms with Gasteiger partial charge in [-0.2, -0.15) is 0 Å². The van der Waals surface area contributed by atoms with Gasteiger partial charge < -0.3 is 10.6 Å². The third kappa shape index (κ3) is 4.76. The predicted molar refractivity (Wildman–Crippen MR) is 47.8 cm³/mol. The lowest BCUT2D eigenvalue weighted by atomic mass is 10.4. The summed E-state index contributed by atoms with van der Waals surface area (Å²) in [6, 6.07) is 1.78. The number of rotatable bonds is 0. The highest BCUT2D eigenvalue weighted by Gasteiger charge is 1.91. The number of hydrogen-bond acceptors (Lipinski definition) is 4. The van der Waals surface area contributed by atoms with E-state index in [2.05, 4.69) is 20.6 Å². The molecule has 0 spiro atoms. The lowest BCUT2D eigenvalue weighted by Gasteiger charge is -2.11. The Labute approximate surface area is 72.4 Å². The average molecular weight is 166 g/mol. The second-order valence-corrected chi connectivity index (χ2v) is 2.40. The molecule has 12 heavy (non-hydrogen) atoms. The summed E-state index contributed by atoms with van der Waals surface area (Å²) >= 11 is 0. The zero-order valence-electron chi connectivity index (χ0n) is 7.03. The van der Waals surface area contributed by atoms with Gasteiger partial charge in [-0.05, 0) is 6.07 Å². The van der Waals surface area contributed by atoms with Gasteiger partial charge in [0.25, 0.3) is 0 Å². The third-order valence-electron chi connectivity index (χ3n) is 1.43. The summed E-state index contributed by atoms with van der Waals surface area (Å²) in [4.78, 5) is 7.35. The summed E-state index contributed by atoms with van der Waals surface area (Å²) in [7, 11) is 0. The molecule has 0 amide bonds. The second-order valence-electron chi connectivity index (χ2n) is 2.40.